The van der Waals surface area contributed by atoms with Crippen molar-refractivity contribution in [2.45, 2.75) is 58.3 Å². The molecule has 2 aromatic carbocycles. The first-order chi connectivity index (χ1) is 15.2. The Labute approximate surface area is 185 Å². The lowest BCUT2D eigenvalue weighted by Gasteiger charge is -2.22. The van der Waals surface area contributed by atoms with Gasteiger partial charge in [-0.25, -0.2) is 4.98 Å². The molecule has 1 aromatic heterocycles. The van der Waals surface area contributed by atoms with E-state index < -0.39 is 0 Å². The van der Waals surface area contributed by atoms with Gasteiger partial charge in [0.05, 0.1) is 11.0 Å². The number of likely N-dealkylation sites (tertiary alicyclic amines) is 1. The summed E-state index contributed by atoms with van der Waals surface area (Å²) in [5, 5.41) is 0. The SMILES string of the molecule is Cc1ccc(CC2CCCC(C(=O)N3CCCC3)CC2)cc1-c1nc2ccccc2[nH]1. The fraction of sp³-hybridized carbons (Fsp3) is 0.481. The summed E-state index contributed by atoms with van der Waals surface area (Å²) in [7, 11) is 0. The van der Waals surface area contributed by atoms with Crippen LogP contribution >= 0.6 is 0 Å². The third-order valence-electron chi connectivity index (χ3n) is 7.33. The van der Waals surface area contributed by atoms with Crippen LogP contribution in [0, 0.1) is 18.8 Å². The molecule has 2 aliphatic rings. The monoisotopic (exact) mass is 415 g/mol. The molecule has 1 N–H and O–H groups in total. The Kier molecular flexibility index (Phi) is 5.80. The zero-order chi connectivity index (χ0) is 21.2. The molecular weight excluding hydrogens is 382 g/mol. The first kappa shape index (κ1) is 20.3. The number of nitrogens with zero attached hydrogens (tertiary/aromatic N) is 2. The van der Waals surface area contributed by atoms with Gasteiger partial charge in [-0.15, -0.1) is 0 Å². The molecule has 1 saturated carbocycles. The number of hydrogen-bond donors (Lipinski definition) is 1. The number of amides is 1. The molecule has 2 heterocycles. The van der Waals surface area contributed by atoms with Crippen LogP contribution in [0.1, 0.15) is 56.1 Å². The highest BCUT2D eigenvalue weighted by atomic mass is 16.2. The average Bonchev–Trinajstić information content (AvgIpc) is 3.41. The Morgan fingerprint density at radius 2 is 1.87 bits per heavy atom. The Hall–Kier alpha value is -2.62. The van der Waals surface area contributed by atoms with Crippen molar-refractivity contribution < 1.29 is 4.79 Å². The van der Waals surface area contributed by atoms with Crippen LogP contribution in [0.25, 0.3) is 22.4 Å². The van der Waals surface area contributed by atoms with Gasteiger partial charge in [-0.05, 0) is 80.7 Å². The molecule has 162 valence electrons. The number of benzene rings is 2. The number of carbonyl (C=O) groups excluding carboxylic acids is 1. The lowest BCUT2D eigenvalue weighted by molar-refractivity contribution is -0.134. The maximum atomic E-state index is 12.8. The van der Waals surface area contributed by atoms with E-state index in [1.807, 2.05) is 12.1 Å². The van der Waals surface area contributed by atoms with E-state index in [0.29, 0.717) is 11.8 Å². The van der Waals surface area contributed by atoms with Gasteiger partial charge in [-0.2, -0.15) is 0 Å². The van der Waals surface area contributed by atoms with E-state index in [1.54, 1.807) is 0 Å². The molecule has 4 nitrogen and oxygen atoms in total. The molecule has 0 bridgehead atoms. The topological polar surface area (TPSA) is 49.0 Å². The molecule has 1 aliphatic carbocycles. The number of H-pyrrole nitrogens is 1. The van der Waals surface area contributed by atoms with Crippen LogP contribution in [-0.4, -0.2) is 33.9 Å². The summed E-state index contributed by atoms with van der Waals surface area (Å²) in [4.78, 5) is 23.3. The highest BCUT2D eigenvalue weighted by Gasteiger charge is 2.29. The Balaban J connectivity index is 1.28. The number of fused-ring (bicyclic) bond motifs is 1. The number of aryl methyl sites for hydroxylation is 1. The second kappa shape index (κ2) is 8.86. The van der Waals surface area contributed by atoms with Gasteiger partial charge < -0.3 is 9.88 Å². The van der Waals surface area contributed by atoms with Crippen LogP contribution in [-0.2, 0) is 11.2 Å². The molecule has 1 aliphatic heterocycles. The lowest BCUT2D eigenvalue weighted by atomic mass is 9.90. The number of hydrogen-bond acceptors (Lipinski definition) is 2. The van der Waals surface area contributed by atoms with E-state index in [9.17, 15) is 4.79 Å². The number of aromatic nitrogens is 2. The largest absolute Gasteiger partial charge is 0.342 e. The van der Waals surface area contributed by atoms with Gasteiger partial charge in [0, 0.05) is 24.6 Å². The summed E-state index contributed by atoms with van der Waals surface area (Å²) in [6.45, 7) is 4.12. The second-order valence-electron chi connectivity index (χ2n) is 9.56. The maximum Gasteiger partial charge on any atom is 0.225 e. The first-order valence-electron chi connectivity index (χ1n) is 12.0. The van der Waals surface area contributed by atoms with Crippen molar-refractivity contribution in [3.63, 3.8) is 0 Å². The molecule has 2 unspecified atom stereocenters. The summed E-state index contributed by atoms with van der Waals surface area (Å²) in [6.07, 6.45) is 9.17. The quantitative estimate of drug-likeness (QED) is 0.539. The van der Waals surface area contributed by atoms with Crippen molar-refractivity contribution in [3.05, 3.63) is 53.6 Å². The lowest BCUT2D eigenvalue weighted by Crippen LogP contribution is -2.33. The Morgan fingerprint density at radius 3 is 2.71 bits per heavy atom. The zero-order valence-electron chi connectivity index (χ0n) is 18.6. The van der Waals surface area contributed by atoms with E-state index in [0.717, 1.165) is 55.6 Å². The van der Waals surface area contributed by atoms with Gasteiger partial charge in [0.25, 0.3) is 0 Å². The van der Waals surface area contributed by atoms with Gasteiger partial charge in [0.15, 0.2) is 0 Å². The van der Waals surface area contributed by atoms with Crippen LogP contribution in [0.3, 0.4) is 0 Å². The predicted octanol–water partition coefficient (Wildman–Crippen LogP) is 5.90. The molecule has 2 fully saturated rings. The van der Waals surface area contributed by atoms with Crippen molar-refractivity contribution >= 4 is 16.9 Å². The van der Waals surface area contributed by atoms with E-state index in [1.165, 1.54) is 42.4 Å². The molecule has 31 heavy (non-hydrogen) atoms. The van der Waals surface area contributed by atoms with Gasteiger partial charge >= 0.3 is 0 Å². The molecule has 0 spiro atoms. The first-order valence-corrected chi connectivity index (χ1v) is 12.0. The van der Waals surface area contributed by atoms with E-state index >= 15 is 0 Å². The number of para-hydroxylation sites is 2. The maximum absolute atomic E-state index is 12.8. The van der Waals surface area contributed by atoms with Gasteiger partial charge in [0.2, 0.25) is 5.91 Å². The van der Waals surface area contributed by atoms with Gasteiger partial charge in [-0.1, -0.05) is 37.1 Å². The molecule has 1 saturated heterocycles. The molecule has 4 heteroatoms. The minimum Gasteiger partial charge on any atom is -0.342 e. The minimum atomic E-state index is 0.257. The predicted molar refractivity (Wildman–Crippen MR) is 126 cm³/mol. The summed E-state index contributed by atoms with van der Waals surface area (Å²) in [5.41, 5.74) is 5.93. The van der Waals surface area contributed by atoms with E-state index in [2.05, 4.69) is 47.1 Å². The third kappa shape index (κ3) is 4.39. The van der Waals surface area contributed by atoms with Crippen molar-refractivity contribution in [2.24, 2.45) is 11.8 Å². The standard InChI is InChI=1S/C27H33N3O/c1-19-11-12-21(18-23(19)26-28-24-9-2-3-10-25(24)29-26)17-20-7-6-8-22(14-13-20)27(31)30-15-4-5-16-30/h2-3,9-12,18,20,22H,4-8,13-17H2,1H3,(H,28,29). The second-order valence-corrected chi connectivity index (χ2v) is 9.56. The average molecular weight is 416 g/mol. The summed E-state index contributed by atoms with van der Waals surface area (Å²) in [5.74, 6) is 2.31. The van der Waals surface area contributed by atoms with E-state index in [4.69, 9.17) is 4.98 Å². The van der Waals surface area contributed by atoms with Crippen LogP contribution in [0.5, 0.6) is 0 Å². The third-order valence-corrected chi connectivity index (χ3v) is 7.33. The molecule has 3 aromatic rings. The number of rotatable bonds is 4. The van der Waals surface area contributed by atoms with Crippen LogP contribution < -0.4 is 0 Å². The van der Waals surface area contributed by atoms with Crippen molar-refractivity contribution in [1.29, 1.82) is 0 Å². The zero-order valence-corrected chi connectivity index (χ0v) is 18.6. The Morgan fingerprint density at radius 1 is 1.03 bits per heavy atom. The van der Waals surface area contributed by atoms with Crippen molar-refractivity contribution in [2.75, 3.05) is 13.1 Å². The highest BCUT2D eigenvalue weighted by molar-refractivity contribution is 5.80. The van der Waals surface area contributed by atoms with Gasteiger partial charge in [0.1, 0.15) is 5.82 Å². The number of aromatic amines is 1. The number of carbonyl (C=O) groups is 1. The van der Waals surface area contributed by atoms with Crippen molar-refractivity contribution in [1.82, 2.24) is 14.9 Å². The molecular formula is C27H33N3O. The summed E-state index contributed by atoms with van der Waals surface area (Å²) in [6, 6.07) is 15.0. The number of imidazole rings is 1. The minimum absolute atomic E-state index is 0.257. The number of nitrogens with one attached hydrogen (secondary N) is 1. The molecule has 2 atom stereocenters. The normalized spacial score (nSPS) is 22.0. The van der Waals surface area contributed by atoms with Crippen LogP contribution in [0.15, 0.2) is 42.5 Å². The fourth-order valence-corrected chi connectivity index (χ4v) is 5.49. The summed E-state index contributed by atoms with van der Waals surface area (Å²) < 4.78 is 0. The van der Waals surface area contributed by atoms with Crippen LogP contribution in [0.4, 0.5) is 0 Å². The summed E-state index contributed by atoms with van der Waals surface area (Å²) >= 11 is 0. The van der Waals surface area contributed by atoms with Crippen LogP contribution in [0.2, 0.25) is 0 Å². The molecule has 5 rings (SSSR count). The van der Waals surface area contributed by atoms with E-state index in [-0.39, 0.29) is 5.92 Å². The highest BCUT2D eigenvalue weighted by Crippen LogP contribution is 2.32. The molecule has 1 amide bonds. The smallest absolute Gasteiger partial charge is 0.225 e. The fourth-order valence-electron chi connectivity index (χ4n) is 5.49. The molecule has 0 radical (unpaired) electrons. The Bertz CT molecular complexity index is 1030. The van der Waals surface area contributed by atoms with Gasteiger partial charge in [-0.3, -0.25) is 4.79 Å². The van der Waals surface area contributed by atoms with Crippen molar-refractivity contribution in [3.8, 4) is 11.4 Å².